The number of sulfonamides is 1. The predicted octanol–water partition coefficient (Wildman–Crippen LogP) is 0.781. The standard InChI is InChI=1S/C16H28N6O2S2.HI/c1-17-16(18-4-10-26(23,24)22-6-8-25-9-7-22)21-5-3-14(13-21)15-11-19-20(2)12-15;/h11-12,14H,3-10,13H2,1-2H3,(H,17,18);1H. The Balaban J connectivity index is 0.00000261. The molecule has 1 N–H and O–H groups in total. The summed E-state index contributed by atoms with van der Waals surface area (Å²) in [4.78, 5) is 6.53. The molecule has 3 heterocycles. The first-order chi connectivity index (χ1) is 12.5. The van der Waals surface area contributed by atoms with Gasteiger partial charge in [-0.2, -0.15) is 16.9 Å². The number of nitrogens with zero attached hydrogens (tertiary/aromatic N) is 5. The summed E-state index contributed by atoms with van der Waals surface area (Å²) in [5.74, 6) is 3.10. The molecular formula is C16H29IN6O2S2. The number of likely N-dealkylation sites (tertiary alicyclic amines) is 1. The maximum atomic E-state index is 12.4. The SMILES string of the molecule is CN=C(NCCS(=O)(=O)N1CCSCC1)N1CCC(c2cnn(C)c2)C1.I. The summed E-state index contributed by atoms with van der Waals surface area (Å²) in [5, 5.41) is 7.48. The van der Waals surface area contributed by atoms with E-state index in [1.54, 1.807) is 11.4 Å². The average molecular weight is 528 g/mol. The number of aromatic nitrogens is 2. The smallest absolute Gasteiger partial charge is 0.215 e. The van der Waals surface area contributed by atoms with Gasteiger partial charge >= 0.3 is 0 Å². The maximum absolute atomic E-state index is 12.4. The van der Waals surface area contributed by atoms with Crippen LogP contribution in [0.15, 0.2) is 17.4 Å². The number of aryl methyl sites for hydroxylation is 1. The largest absolute Gasteiger partial charge is 0.355 e. The lowest BCUT2D eigenvalue weighted by Gasteiger charge is -2.26. The first-order valence-electron chi connectivity index (χ1n) is 8.99. The van der Waals surface area contributed by atoms with Crippen molar-refractivity contribution in [2.45, 2.75) is 12.3 Å². The second-order valence-electron chi connectivity index (χ2n) is 6.68. The Morgan fingerprint density at radius 2 is 2.11 bits per heavy atom. The van der Waals surface area contributed by atoms with Crippen LogP contribution >= 0.6 is 35.7 Å². The molecule has 3 rings (SSSR count). The van der Waals surface area contributed by atoms with Gasteiger partial charge in [0, 0.05) is 70.4 Å². The van der Waals surface area contributed by atoms with Crippen LogP contribution < -0.4 is 5.32 Å². The van der Waals surface area contributed by atoms with Crippen molar-refractivity contribution in [1.82, 2.24) is 24.3 Å². The fourth-order valence-electron chi connectivity index (χ4n) is 3.45. The molecule has 11 heteroatoms. The number of hydrogen-bond acceptors (Lipinski definition) is 5. The lowest BCUT2D eigenvalue weighted by Crippen LogP contribution is -2.45. The molecule has 2 saturated heterocycles. The van der Waals surface area contributed by atoms with E-state index in [1.807, 2.05) is 29.7 Å². The van der Waals surface area contributed by atoms with E-state index in [9.17, 15) is 8.42 Å². The van der Waals surface area contributed by atoms with Gasteiger partial charge in [-0.1, -0.05) is 0 Å². The summed E-state index contributed by atoms with van der Waals surface area (Å²) in [6.07, 6.45) is 5.04. The van der Waals surface area contributed by atoms with Gasteiger partial charge in [0.05, 0.1) is 11.9 Å². The summed E-state index contributed by atoms with van der Waals surface area (Å²) in [5.41, 5.74) is 1.25. The minimum absolute atomic E-state index is 0. The zero-order chi connectivity index (χ0) is 18.6. The van der Waals surface area contributed by atoms with Gasteiger partial charge in [-0.3, -0.25) is 9.67 Å². The molecule has 2 fully saturated rings. The zero-order valence-electron chi connectivity index (χ0n) is 15.9. The summed E-state index contributed by atoms with van der Waals surface area (Å²) in [7, 11) is 0.486. The van der Waals surface area contributed by atoms with Crippen molar-refractivity contribution >= 4 is 51.7 Å². The summed E-state index contributed by atoms with van der Waals surface area (Å²) in [6.45, 7) is 3.42. The van der Waals surface area contributed by atoms with E-state index in [1.165, 1.54) is 5.56 Å². The van der Waals surface area contributed by atoms with E-state index in [0.29, 0.717) is 25.6 Å². The van der Waals surface area contributed by atoms with E-state index in [-0.39, 0.29) is 29.7 Å². The van der Waals surface area contributed by atoms with Crippen molar-refractivity contribution in [3.63, 3.8) is 0 Å². The van der Waals surface area contributed by atoms with E-state index >= 15 is 0 Å². The minimum atomic E-state index is -3.19. The molecule has 0 aromatic carbocycles. The van der Waals surface area contributed by atoms with Crippen LogP contribution in [0, 0.1) is 0 Å². The van der Waals surface area contributed by atoms with Gasteiger partial charge in [0.15, 0.2) is 5.96 Å². The average Bonchev–Trinajstić information content (AvgIpc) is 3.28. The van der Waals surface area contributed by atoms with Crippen LogP contribution in [-0.2, 0) is 17.1 Å². The fourth-order valence-corrected chi connectivity index (χ4v) is 5.95. The van der Waals surface area contributed by atoms with E-state index in [2.05, 4.69) is 26.5 Å². The number of guanidine groups is 1. The first-order valence-corrected chi connectivity index (χ1v) is 11.8. The lowest BCUT2D eigenvalue weighted by atomic mass is 10.0. The highest BCUT2D eigenvalue weighted by Gasteiger charge is 2.28. The summed E-state index contributed by atoms with van der Waals surface area (Å²) >= 11 is 1.81. The van der Waals surface area contributed by atoms with Crippen molar-refractivity contribution in [2.75, 3.05) is 57.0 Å². The van der Waals surface area contributed by atoms with Crippen LogP contribution in [0.4, 0.5) is 0 Å². The third-order valence-corrected chi connectivity index (χ3v) is 7.72. The van der Waals surface area contributed by atoms with E-state index < -0.39 is 10.0 Å². The second kappa shape index (κ2) is 10.3. The quantitative estimate of drug-likeness (QED) is 0.346. The highest BCUT2D eigenvalue weighted by atomic mass is 127. The Morgan fingerprint density at radius 1 is 1.37 bits per heavy atom. The normalized spacial score (nSPS) is 21.9. The van der Waals surface area contributed by atoms with Crippen molar-refractivity contribution in [3.05, 3.63) is 18.0 Å². The lowest BCUT2D eigenvalue weighted by molar-refractivity contribution is 0.442. The molecule has 0 aliphatic carbocycles. The van der Waals surface area contributed by atoms with E-state index in [4.69, 9.17) is 0 Å². The number of nitrogens with one attached hydrogen (secondary N) is 1. The Kier molecular flexibility index (Phi) is 8.69. The van der Waals surface area contributed by atoms with Crippen molar-refractivity contribution < 1.29 is 8.42 Å². The molecule has 0 bridgehead atoms. The highest BCUT2D eigenvalue weighted by molar-refractivity contribution is 14.0. The van der Waals surface area contributed by atoms with Gasteiger partial charge in [0.2, 0.25) is 10.0 Å². The number of rotatable bonds is 5. The van der Waals surface area contributed by atoms with Crippen molar-refractivity contribution in [2.24, 2.45) is 12.0 Å². The Labute approximate surface area is 183 Å². The molecule has 0 spiro atoms. The summed E-state index contributed by atoms with van der Waals surface area (Å²) < 4.78 is 28.3. The third kappa shape index (κ3) is 5.97. The number of thioether (sulfide) groups is 1. The molecule has 27 heavy (non-hydrogen) atoms. The summed E-state index contributed by atoms with van der Waals surface area (Å²) in [6, 6.07) is 0. The molecule has 0 amide bonds. The minimum Gasteiger partial charge on any atom is -0.355 e. The molecule has 1 atom stereocenters. The number of aliphatic imine (C=N–C) groups is 1. The van der Waals surface area contributed by atoms with Gasteiger partial charge in [0.25, 0.3) is 0 Å². The van der Waals surface area contributed by atoms with E-state index in [0.717, 1.165) is 37.0 Å². The monoisotopic (exact) mass is 528 g/mol. The Bertz CT molecular complexity index is 733. The molecule has 0 radical (unpaired) electrons. The molecular weight excluding hydrogens is 499 g/mol. The predicted molar refractivity (Wildman–Crippen MR) is 122 cm³/mol. The maximum Gasteiger partial charge on any atom is 0.215 e. The Morgan fingerprint density at radius 3 is 2.74 bits per heavy atom. The van der Waals surface area contributed by atoms with Crippen LogP contribution in [-0.4, -0.2) is 90.4 Å². The molecule has 1 unspecified atom stereocenters. The molecule has 2 aliphatic rings. The topological polar surface area (TPSA) is 82.8 Å². The van der Waals surface area contributed by atoms with Gasteiger partial charge < -0.3 is 10.2 Å². The number of hydrogen-bond donors (Lipinski definition) is 1. The second-order valence-corrected chi connectivity index (χ2v) is 9.99. The third-order valence-electron chi connectivity index (χ3n) is 4.90. The fraction of sp³-hybridized carbons (Fsp3) is 0.750. The van der Waals surface area contributed by atoms with Crippen molar-refractivity contribution in [3.8, 4) is 0 Å². The van der Waals surface area contributed by atoms with Crippen LogP contribution in [0.1, 0.15) is 17.9 Å². The molecule has 1 aromatic rings. The Hall–Kier alpha value is -0.530. The van der Waals surface area contributed by atoms with Crippen LogP contribution in [0.2, 0.25) is 0 Å². The molecule has 1 aromatic heterocycles. The van der Waals surface area contributed by atoms with Gasteiger partial charge in [0.1, 0.15) is 0 Å². The highest BCUT2D eigenvalue weighted by Crippen LogP contribution is 2.26. The van der Waals surface area contributed by atoms with Gasteiger partial charge in [-0.25, -0.2) is 12.7 Å². The number of halogens is 1. The van der Waals surface area contributed by atoms with Crippen molar-refractivity contribution in [1.29, 1.82) is 0 Å². The van der Waals surface area contributed by atoms with Crippen LogP contribution in [0.25, 0.3) is 0 Å². The van der Waals surface area contributed by atoms with Gasteiger partial charge in [-0.15, -0.1) is 24.0 Å². The molecule has 2 aliphatic heterocycles. The molecule has 8 nitrogen and oxygen atoms in total. The molecule has 154 valence electrons. The first kappa shape index (κ1) is 22.8. The molecule has 0 saturated carbocycles. The van der Waals surface area contributed by atoms with Crippen LogP contribution in [0.5, 0.6) is 0 Å². The van der Waals surface area contributed by atoms with Crippen LogP contribution in [0.3, 0.4) is 0 Å². The zero-order valence-corrected chi connectivity index (χ0v) is 19.8. The van der Waals surface area contributed by atoms with Gasteiger partial charge in [-0.05, 0) is 12.0 Å².